The number of carbonyl (C=O) groups excluding carboxylic acids is 2. The van der Waals surface area contributed by atoms with Crippen LogP contribution in [0.2, 0.25) is 0 Å². The average Bonchev–Trinajstić information content (AvgIpc) is 2.04. The zero-order chi connectivity index (χ0) is 10.3. The van der Waals surface area contributed by atoms with Crippen LogP contribution in [0.3, 0.4) is 0 Å². The molecule has 0 aromatic carbocycles. The summed E-state index contributed by atoms with van der Waals surface area (Å²) in [5.74, 6) is -0.836. The Morgan fingerprint density at radius 1 is 1.62 bits per heavy atom. The van der Waals surface area contributed by atoms with Crippen molar-refractivity contribution in [3.05, 3.63) is 0 Å². The van der Waals surface area contributed by atoms with Crippen molar-refractivity contribution < 1.29 is 14.3 Å². The van der Waals surface area contributed by atoms with E-state index in [0.717, 1.165) is 11.8 Å². The van der Waals surface area contributed by atoms with E-state index in [9.17, 15) is 9.59 Å². The fourth-order valence-electron chi connectivity index (χ4n) is 0.503. The molecule has 0 saturated heterocycles. The highest BCUT2D eigenvalue weighted by Gasteiger charge is 2.12. The van der Waals surface area contributed by atoms with E-state index < -0.39 is 18.0 Å². The topological polar surface area (TPSA) is 79.2 Å². The zero-order valence-electron chi connectivity index (χ0n) is 7.30. The number of carbonyl (C=O) groups is 2. The first kappa shape index (κ1) is 12.2. The molecule has 0 aliphatic heterocycles. The van der Waals surface area contributed by atoms with Gasteiger partial charge in [-0.25, -0.2) is 4.79 Å². The predicted octanol–water partition coefficient (Wildman–Crippen LogP) is 0.696. The Morgan fingerprint density at radius 2 is 2.23 bits per heavy atom. The zero-order valence-corrected chi connectivity index (χ0v) is 8.89. The molecule has 2 amide bonds. The van der Waals surface area contributed by atoms with E-state index >= 15 is 0 Å². The van der Waals surface area contributed by atoms with Gasteiger partial charge >= 0.3 is 6.09 Å². The number of rotatable bonds is 5. The lowest BCUT2D eigenvalue weighted by Crippen LogP contribution is -2.39. The fraction of sp³-hybridized carbons (Fsp3) is 0.714. The highest BCUT2D eigenvalue weighted by atomic mass is 79.9. The molecule has 1 atom stereocenters. The van der Waals surface area contributed by atoms with Crippen LogP contribution in [0.1, 0.15) is 13.3 Å². The van der Waals surface area contributed by atoms with Gasteiger partial charge in [-0.15, -0.1) is 0 Å². The van der Waals surface area contributed by atoms with Crippen molar-refractivity contribution in [3.8, 4) is 0 Å². The summed E-state index contributed by atoms with van der Waals surface area (Å²) in [6, 6.07) is -0.809. The molecular formula is C7H12BrN2O3. The van der Waals surface area contributed by atoms with Gasteiger partial charge in [-0.2, -0.15) is 0 Å². The summed E-state index contributed by atoms with van der Waals surface area (Å²) in [6.45, 7) is 1.73. The van der Waals surface area contributed by atoms with Gasteiger partial charge in [0, 0.05) is 5.33 Å². The number of hydrogen-bond acceptors (Lipinski definition) is 3. The third-order valence-electron chi connectivity index (χ3n) is 1.24. The predicted molar refractivity (Wildman–Crippen MR) is 50.5 cm³/mol. The molecule has 0 aliphatic rings. The Morgan fingerprint density at radius 3 is 2.69 bits per heavy atom. The normalized spacial score (nSPS) is 11.8. The second-order valence-corrected chi connectivity index (χ2v) is 3.20. The van der Waals surface area contributed by atoms with Gasteiger partial charge in [0.05, 0.1) is 6.61 Å². The molecule has 1 radical (unpaired) electrons. The van der Waals surface area contributed by atoms with E-state index in [1.54, 1.807) is 0 Å². The van der Waals surface area contributed by atoms with E-state index in [-0.39, 0.29) is 0 Å². The molecule has 0 saturated carbocycles. The van der Waals surface area contributed by atoms with Crippen LogP contribution in [-0.4, -0.2) is 30.0 Å². The number of hydrogen-bond donors (Lipinski definition) is 1. The molecule has 0 aliphatic carbocycles. The Balaban J connectivity index is 3.56. The fourth-order valence-corrected chi connectivity index (χ4v) is 0.732. The standard InChI is InChI=1S/C7H12BrN2O3/c1-5(6(9)11)10-7(12)13-4-2-3-8/h5,9H,2-4H2,1H3,(H,10,12). The number of alkyl halides is 1. The minimum absolute atomic E-state index is 0.302. The Kier molecular flexibility index (Phi) is 6.30. The van der Waals surface area contributed by atoms with Gasteiger partial charge in [0.1, 0.15) is 6.04 Å². The highest BCUT2D eigenvalue weighted by molar-refractivity contribution is 9.09. The van der Waals surface area contributed by atoms with E-state index in [2.05, 4.69) is 26.0 Å². The molecule has 0 fully saturated rings. The molecule has 1 unspecified atom stereocenters. The maximum absolute atomic E-state index is 10.8. The summed E-state index contributed by atoms with van der Waals surface area (Å²) in [5.41, 5.74) is 6.67. The van der Waals surface area contributed by atoms with Crippen molar-refractivity contribution in [2.75, 3.05) is 11.9 Å². The summed E-state index contributed by atoms with van der Waals surface area (Å²) in [5, 5.41) is 2.98. The lowest BCUT2D eigenvalue weighted by Gasteiger charge is -2.09. The van der Waals surface area contributed by atoms with Gasteiger partial charge in [-0.1, -0.05) is 15.9 Å². The van der Waals surface area contributed by atoms with Crippen molar-refractivity contribution in [2.24, 2.45) is 0 Å². The highest BCUT2D eigenvalue weighted by Crippen LogP contribution is 1.90. The summed E-state index contributed by atoms with van der Waals surface area (Å²) >= 11 is 3.18. The quantitative estimate of drug-likeness (QED) is 0.577. The largest absolute Gasteiger partial charge is 0.450 e. The van der Waals surface area contributed by atoms with Gasteiger partial charge in [-0.05, 0) is 13.3 Å². The van der Waals surface area contributed by atoms with Gasteiger partial charge in [0.25, 0.3) is 5.91 Å². The molecule has 13 heavy (non-hydrogen) atoms. The smallest absolute Gasteiger partial charge is 0.407 e. The van der Waals surface area contributed by atoms with Gasteiger partial charge in [-0.3, -0.25) is 10.5 Å². The summed E-state index contributed by atoms with van der Waals surface area (Å²) in [6.07, 6.45) is 0.0606. The minimum atomic E-state index is -0.836. The molecule has 0 spiro atoms. The molecule has 75 valence electrons. The monoisotopic (exact) mass is 251 g/mol. The van der Waals surface area contributed by atoms with Crippen LogP contribution in [0.15, 0.2) is 0 Å². The number of alkyl carbamates (subject to hydrolysis) is 1. The first-order valence-electron chi connectivity index (χ1n) is 3.82. The molecule has 5 nitrogen and oxygen atoms in total. The molecular weight excluding hydrogens is 240 g/mol. The van der Waals surface area contributed by atoms with Crippen molar-refractivity contribution in [1.29, 1.82) is 0 Å². The first-order chi connectivity index (χ1) is 6.07. The van der Waals surface area contributed by atoms with Crippen molar-refractivity contribution in [2.45, 2.75) is 19.4 Å². The van der Waals surface area contributed by atoms with Gasteiger partial charge in [0.2, 0.25) is 0 Å². The third kappa shape index (κ3) is 6.39. The minimum Gasteiger partial charge on any atom is -0.450 e. The molecule has 0 rings (SSSR count). The van der Waals surface area contributed by atoms with Crippen LogP contribution in [0, 0.1) is 0 Å². The number of nitrogens with one attached hydrogen (secondary N) is 2. The molecule has 2 N–H and O–H groups in total. The van der Waals surface area contributed by atoms with Gasteiger partial charge in [0.15, 0.2) is 0 Å². The van der Waals surface area contributed by atoms with E-state index in [1.165, 1.54) is 6.92 Å². The molecule has 6 heteroatoms. The van der Waals surface area contributed by atoms with Crippen LogP contribution < -0.4 is 11.1 Å². The molecule has 0 aromatic heterocycles. The third-order valence-corrected chi connectivity index (χ3v) is 1.80. The van der Waals surface area contributed by atoms with Crippen LogP contribution >= 0.6 is 15.9 Å². The van der Waals surface area contributed by atoms with Crippen LogP contribution in [0.4, 0.5) is 4.79 Å². The van der Waals surface area contributed by atoms with Crippen LogP contribution in [-0.2, 0) is 9.53 Å². The second-order valence-electron chi connectivity index (χ2n) is 2.41. The number of ether oxygens (including phenoxy) is 1. The van der Waals surface area contributed by atoms with Crippen molar-refractivity contribution in [3.63, 3.8) is 0 Å². The number of amides is 2. The van der Waals surface area contributed by atoms with Gasteiger partial charge < -0.3 is 10.1 Å². The summed E-state index contributed by atoms with van der Waals surface area (Å²) in [7, 11) is 0. The number of halogens is 1. The average molecular weight is 252 g/mol. The Labute approximate surface area is 85.1 Å². The first-order valence-corrected chi connectivity index (χ1v) is 4.94. The Hall–Kier alpha value is -0.780. The van der Waals surface area contributed by atoms with Crippen molar-refractivity contribution in [1.82, 2.24) is 11.1 Å². The Bertz CT molecular complexity index is 187. The SMILES string of the molecule is CC(NC(=O)OCCCBr)C([NH])=O. The molecule has 0 bridgehead atoms. The summed E-state index contributed by atoms with van der Waals surface area (Å²) in [4.78, 5) is 21.2. The van der Waals surface area contributed by atoms with E-state index in [4.69, 9.17) is 5.73 Å². The lowest BCUT2D eigenvalue weighted by molar-refractivity contribution is -0.120. The lowest BCUT2D eigenvalue weighted by atomic mass is 10.3. The van der Waals surface area contributed by atoms with Crippen LogP contribution in [0.25, 0.3) is 0 Å². The van der Waals surface area contributed by atoms with Crippen LogP contribution in [0.5, 0.6) is 0 Å². The maximum atomic E-state index is 10.8. The summed E-state index contributed by atoms with van der Waals surface area (Å²) < 4.78 is 4.69. The second kappa shape index (κ2) is 6.71. The maximum Gasteiger partial charge on any atom is 0.407 e. The molecule has 0 aromatic rings. The molecule has 0 heterocycles. The van der Waals surface area contributed by atoms with E-state index in [0.29, 0.717) is 6.61 Å². The van der Waals surface area contributed by atoms with E-state index in [1.807, 2.05) is 0 Å². The van der Waals surface area contributed by atoms with Crippen molar-refractivity contribution >= 4 is 27.9 Å².